The van der Waals surface area contributed by atoms with E-state index >= 15 is 0 Å². The van der Waals surface area contributed by atoms with Crippen molar-refractivity contribution in [1.29, 1.82) is 0 Å². The molecule has 21 heavy (non-hydrogen) atoms. The van der Waals surface area contributed by atoms with Gasteiger partial charge < -0.3 is 10.2 Å². The minimum Gasteiger partial charge on any atom is -0.507 e. The Morgan fingerprint density at radius 1 is 0.810 bits per heavy atom. The molecule has 0 aliphatic rings. The molecule has 0 aliphatic carbocycles. The summed E-state index contributed by atoms with van der Waals surface area (Å²) < 4.78 is 25.4. The number of aromatic hydroxyl groups is 2. The summed E-state index contributed by atoms with van der Waals surface area (Å²) in [7, 11) is -3.98. The van der Waals surface area contributed by atoms with E-state index in [-0.39, 0.29) is 21.3 Å². The van der Waals surface area contributed by atoms with Gasteiger partial charge in [0.1, 0.15) is 21.3 Å². The molecule has 0 fully saturated rings. The molecule has 2 N–H and O–H groups in total. The maximum absolute atomic E-state index is 12.7. The molecule has 0 aliphatic heterocycles. The Morgan fingerprint density at radius 3 is 2.00 bits per heavy atom. The first-order valence-electron chi connectivity index (χ1n) is 6.50. The maximum atomic E-state index is 12.7. The standard InChI is InChI=1S/C16H18O4S/c1-9-5-6-14(16(18)12(9)4)21(19,20)15-8-11(3)10(2)7-13(15)17/h5-8,17-18H,1-4H3. The first-order valence-corrected chi connectivity index (χ1v) is 7.99. The lowest BCUT2D eigenvalue weighted by Crippen LogP contribution is -2.05. The fraction of sp³-hybridized carbons (Fsp3) is 0.250. The summed E-state index contributed by atoms with van der Waals surface area (Å²) in [6.07, 6.45) is 0. The SMILES string of the molecule is Cc1cc(O)c(S(=O)(=O)c2ccc(C)c(C)c2O)cc1C. The second kappa shape index (κ2) is 5.07. The molecule has 112 valence electrons. The second-order valence-electron chi connectivity index (χ2n) is 5.26. The summed E-state index contributed by atoms with van der Waals surface area (Å²) in [5, 5.41) is 20.1. The van der Waals surface area contributed by atoms with Gasteiger partial charge in [0.25, 0.3) is 0 Å². The molecule has 2 aromatic carbocycles. The van der Waals surface area contributed by atoms with Gasteiger partial charge in [0.2, 0.25) is 9.84 Å². The Morgan fingerprint density at radius 2 is 1.38 bits per heavy atom. The van der Waals surface area contributed by atoms with Gasteiger partial charge in [-0.1, -0.05) is 6.07 Å². The highest BCUT2D eigenvalue weighted by Crippen LogP contribution is 2.36. The van der Waals surface area contributed by atoms with Gasteiger partial charge in [-0.05, 0) is 68.1 Å². The van der Waals surface area contributed by atoms with Crippen LogP contribution < -0.4 is 0 Å². The van der Waals surface area contributed by atoms with E-state index in [0.29, 0.717) is 5.56 Å². The van der Waals surface area contributed by atoms with E-state index in [0.717, 1.165) is 16.7 Å². The van der Waals surface area contributed by atoms with Gasteiger partial charge in [-0.2, -0.15) is 0 Å². The molecule has 0 amide bonds. The molecule has 4 nitrogen and oxygen atoms in total. The van der Waals surface area contributed by atoms with Crippen molar-refractivity contribution >= 4 is 9.84 Å². The summed E-state index contributed by atoms with van der Waals surface area (Å²) in [4.78, 5) is -0.381. The van der Waals surface area contributed by atoms with Crippen LogP contribution in [0.5, 0.6) is 11.5 Å². The van der Waals surface area contributed by atoms with Crippen LogP contribution in [-0.4, -0.2) is 18.6 Å². The minimum absolute atomic E-state index is 0.191. The van der Waals surface area contributed by atoms with Crippen molar-refractivity contribution in [3.63, 3.8) is 0 Å². The molecule has 2 rings (SSSR count). The molecule has 0 aromatic heterocycles. The van der Waals surface area contributed by atoms with Gasteiger partial charge in [-0.3, -0.25) is 0 Å². The highest BCUT2D eigenvalue weighted by molar-refractivity contribution is 7.91. The lowest BCUT2D eigenvalue weighted by Gasteiger charge is -2.13. The molecule has 2 aromatic rings. The predicted octanol–water partition coefficient (Wildman–Crippen LogP) is 3.16. The lowest BCUT2D eigenvalue weighted by molar-refractivity contribution is 0.449. The van der Waals surface area contributed by atoms with Crippen LogP contribution in [0, 0.1) is 27.7 Å². The second-order valence-corrected chi connectivity index (χ2v) is 7.15. The minimum atomic E-state index is -3.98. The average Bonchev–Trinajstić information content (AvgIpc) is 2.39. The van der Waals surface area contributed by atoms with Crippen molar-refractivity contribution in [2.75, 3.05) is 0 Å². The Labute approximate surface area is 124 Å². The van der Waals surface area contributed by atoms with E-state index in [2.05, 4.69) is 0 Å². The Bertz CT molecular complexity index is 813. The Kier molecular flexibility index (Phi) is 3.72. The molecule has 0 unspecified atom stereocenters. The van der Waals surface area contributed by atoms with Gasteiger partial charge in [-0.25, -0.2) is 8.42 Å². The van der Waals surface area contributed by atoms with Crippen LogP contribution in [0.3, 0.4) is 0 Å². The topological polar surface area (TPSA) is 74.6 Å². The fourth-order valence-electron chi connectivity index (χ4n) is 2.10. The normalized spacial score (nSPS) is 11.6. The predicted molar refractivity (Wildman–Crippen MR) is 80.6 cm³/mol. The van der Waals surface area contributed by atoms with Crippen LogP contribution in [0.1, 0.15) is 22.3 Å². The smallest absolute Gasteiger partial charge is 0.213 e. The first-order chi connectivity index (χ1) is 9.66. The molecule has 0 saturated heterocycles. The maximum Gasteiger partial charge on any atom is 0.213 e. The number of phenolic OH excluding ortho intramolecular Hbond substituents is 2. The van der Waals surface area contributed by atoms with Gasteiger partial charge in [0, 0.05) is 0 Å². The van der Waals surface area contributed by atoms with Crippen LogP contribution >= 0.6 is 0 Å². The molecular weight excluding hydrogens is 288 g/mol. The third-order valence-electron chi connectivity index (χ3n) is 3.82. The number of hydrogen-bond acceptors (Lipinski definition) is 4. The van der Waals surface area contributed by atoms with E-state index < -0.39 is 9.84 Å². The highest BCUT2D eigenvalue weighted by Gasteiger charge is 2.26. The third-order valence-corrected chi connectivity index (χ3v) is 5.63. The van der Waals surface area contributed by atoms with Crippen molar-refractivity contribution in [3.05, 3.63) is 46.5 Å². The van der Waals surface area contributed by atoms with E-state index in [4.69, 9.17) is 0 Å². The quantitative estimate of drug-likeness (QED) is 0.893. The van der Waals surface area contributed by atoms with Crippen molar-refractivity contribution in [2.24, 2.45) is 0 Å². The summed E-state index contributed by atoms with van der Waals surface area (Å²) in [5.41, 5.74) is 2.88. The number of sulfone groups is 1. The van der Waals surface area contributed by atoms with Crippen LogP contribution in [0.25, 0.3) is 0 Å². The molecule has 0 heterocycles. The van der Waals surface area contributed by atoms with E-state index in [1.165, 1.54) is 18.2 Å². The number of benzene rings is 2. The number of phenols is 2. The zero-order valence-electron chi connectivity index (χ0n) is 12.4. The van der Waals surface area contributed by atoms with Crippen molar-refractivity contribution < 1.29 is 18.6 Å². The number of hydrogen-bond donors (Lipinski definition) is 2. The highest BCUT2D eigenvalue weighted by atomic mass is 32.2. The molecule has 0 saturated carbocycles. The number of aryl methyl sites for hydroxylation is 3. The number of rotatable bonds is 2. The summed E-state index contributed by atoms with van der Waals surface area (Å²) >= 11 is 0. The van der Waals surface area contributed by atoms with Gasteiger partial charge in [0.05, 0.1) is 0 Å². The van der Waals surface area contributed by atoms with Crippen LogP contribution in [0.2, 0.25) is 0 Å². The summed E-state index contributed by atoms with van der Waals surface area (Å²) in [6.45, 7) is 7.01. The average molecular weight is 306 g/mol. The lowest BCUT2D eigenvalue weighted by atomic mass is 10.1. The van der Waals surface area contributed by atoms with E-state index in [1.807, 2.05) is 0 Å². The van der Waals surface area contributed by atoms with E-state index in [9.17, 15) is 18.6 Å². The molecule has 0 spiro atoms. The zero-order valence-corrected chi connectivity index (χ0v) is 13.2. The van der Waals surface area contributed by atoms with Crippen molar-refractivity contribution in [1.82, 2.24) is 0 Å². The van der Waals surface area contributed by atoms with Crippen LogP contribution in [0.4, 0.5) is 0 Å². The zero-order chi connectivity index (χ0) is 15.9. The Balaban J connectivity index is 2.75. The molecule has 0 bridgehead atoms. The van der Waals surface area contributed by atoms with Crippen LogP contribution in [-0.2, 0) is 9.84 Å². The van der Waals surface area contributed by atoms with Crippen molar-refractivity contribution in [2.45, 2.75) is 37.5 Å². The molecular formula is C16H18O4S. The monoisotopic (exact) mass is 306 g/mol. The summed E-state index contributed by atoms with van der Waals surface area (Å²) in [5.74, 6) is -0.580. The molecule has 0 atom stereocenters. The fourth-order valence-corrected chi connectivity index (χ4v) is 3.66. The third kappa shape index (κ3) is 2.49. The molecule has 0 radical (unpaired) electrons. The first kappa shape index (κ1) is 15.4. The van der Waals surface area contributed by atoms with Crippen LogP contribution in [0.15, 0.2) is 34.1 Å². The largest absolute Gasteiger partial charge is 0.507 e. The van der Waals surface area contributed by atoms with Gasteiger partial charge in [0.15, 0.2) is 0 Å². The molecule has 5 heteroatoms. The van der Waals surface area contributed by atoms with Gasteiger partial charge >= 0.3 is 0 Å². The van der Waals surface area contributed by atoms with E-state index in [1.54, 1.807) is 33.8 Å². The van der Waals surface area contributed by atoms with Gasteiger partial charge in [-0.15, -0.1) is 0 Å². The Hall–Kier alpha value is -2.01. The van der Waals surface area contributed by atoms with Crippen molar-refractivity contribution in [3.8, 4) is 11.5 Å². The summed E-state index contributed by atoms with van der Waals surface area (Å²) in [6, 6.07) is 5.84.